The number of benzene rings is 4. The molecule has 0 amide bonds. The van der Waals surface area contributed by atoms with Gasteiger partial charge in [0.15, 0.2) is 0 Å². The molecule has 0 atom stereocenters. The molecule has 0 aliphatic carbocycles. The average Bonchev–Trinajstić information content (AvgIpc) is 2.67. The summed E-state index contributed by atoms with van der Waals surface area (Å²) in [5, 5.41) is 4.81. The maximum Gasteiger partial charge on any atom is 0.0968 e. The molecule has 0 radical (unpaired) electrons. The van der Waals surface area contributed by atoms with Gasteiger partial charge in [-0.1, -0.05) is 66.7 Å². The molecule has 0 bridgehead atoms. The fourth-order valence-electron chi connectivity index (χ4n) is 3.48. The zero-order valence-electron chi connectivity index (χ0n) is 13.9. The van der Waals surface area contributed by atoms with E-state index in [1.807, 2.05) is 6.92 Å². The smallest absolute Gasteiger partial charge is 0.0968 e. The van der Waals surface area contributed by atoms with Crippen molar-refractivity contribution in [3.05, 3.63) is 84.6 Å². The molecule has 0 spiro atoms. The third-order valence-electron chi connectivity index (χ3n) is 4.76. The molecule has 1 heterocycles. The van der Waals surface area contributed by atoms with Crippen LogP contribution in [0.25, 0.3) is 43.8 Å². The third kappa shape index (κ3) is 2.26. The molecule has 0 saturated carbocycles. The van der Waals surface area contributed by atoms with Crippen LogP contribution < -0.4 is 0 Å². The fourth-order valence-corrected chi connectivity index (χ4v) is 3.48. The Kier molecular flexibility index (Phi) is 3.04. The Hall–Kier alpha value is -3.26. The summed E-state index contributed by atoms with van der Waals surface area (Å²) in [4.78, 5) is 9.84. The van der Waals surface area contributed by atoms with Crippen LogP contribution in [-0.4, -0.2) is 9.97 Å². The quantitative estimate of drug-likeness (QED) is 0.359. The second-order valence-electron chi connectivity index (χ2n) is 6.37. The van der Waals surface area contributed by atoms with Crippen LogP contribution in [0.2, 0.25) is 0 Å². The van der Waals surface area contributed by atoms with E-state index in [0.29, 0.717) is 0 Å². The molecule has 1 aromatic heterocycles. The highest BCUT2D eigenvalue weighted by atomic mass is 14.8. The normalized spacial score (nSPS) is 11.4. The summed E-state index contributed by atoms with van der Waals surface area (Å²) in [6, 6.07) is 27.4. The van der Waals surface area contributed by atoms with Gasteiger partial charge >= 0.3 is 0 Å². The van der Waals surface area contributed by atoms with E-state index in [9.17, 15) is 0 Å². The molecule has 0 unspecified atom stereocenters. The first-order valence-corrected chi connectivity index (χ1v) is 8.45. The van der Waals surface area contributed by atoms with Gasteiger partial charge in [0.05, 0.1) is 22.4 Å². The van der Waals surface area contributed by atoms with Crippen molar-refractivity contribution in [3.8, 4) is 11.3 Å². The zero-order valence-corrected chi connectivity index (χ0v) is 13.9. The third-order valence-corrected chi connectivity index (χ3v) is 4.76. The monoisotopic (exact) mass is 320 g/mol. The lowest BCUT2D eigenvalue weighted by Crippen LogP contribution is -1.95. The summed E-state index contributed by atoms with van der Waals surface area (Å²) in [6.07, 6.45) is 0. The summed E-state index contributed by atoms with van der Waals surface area (Å²) in [7, 11) is 0. The van der Waals surface area contributed by atoms with Crippen molar-refractivity contribution in [1.82, 2.24) is 9.97 Å². The Labute approximate surface area is 145 Å². The summed E-state index contributed by atoms with van der Waals surface area (Å²) in [6.45, 7) is 2.04. The van der Waals surface area contributed by atoms with Gasteiger partial charge in [0.1, 0.15) is 0 Å². The second-order valence-corrected chi connectivity index (χ2v) is 6.37. The van der Waals surface area contributed by atoms with Gasteiger partial charge in [-0.05, 0) is 35.2 Å². The van der Waals surface area contributed by atoms with Crippen molar-refractivity contribution >= 4 is 32.6 Å². The number of hydrogen-bond acceptors (Lipinski definition) is 2. The Morgan fingerprint density at radius 1 is 0.640 bits per heavy atom. The van der Waals surface area contributed by atoms with Gasteiger partial charge in [-0.15, -0.1) is 0 Å². The van der Waals surface area contributed by atoms with E-state index in [1.54, 1.807) is 0 Å². The van der Waals surface area contributed by atoms with Crippen LogP contribution >= 0.6 is 0 Å². The molecule has 0 saturated heterocycles. The maximum absolute atomic E-state index is 4.94. The number of aromatic nitrogens is 2. The average molecular weight is 320 g/mol. The molecule has 5 aromatic rings. The van der Waals surface area contributed by atoms with Crippen LogP contribution in [0.3, 0.4) is 0 Å². The minimum absolute atomic E-state index is 0.937. The Balaban J connectivity index is 1.78. The highest BCUT2D eigenvalue weighted by Crippen LogP contribution is 2.29. The van der Waals surface area contributed by atoms with Crippen molar-refractivity contribution in [1.29, 1.82) is 0 Å². The van der Waals surface area contributed by atoms with Crippen LogP contribution in [0.1, 0.15) is 5.69 Å². The SMILES string of the molecule is Cc1nc2c(ccc3ccccc32)nc1-c1ccc2ccccc2c1. The van der Waals surface area contributed by atoms with E-state index in [0.717, 1.165) is 33.4 Å². The molecule has 0 aliphatic rings. The standard InChI is InChI=1S/C23H16N2/c1-15-22(19-11-10-16-6-2-3-8-18(16)14-19)25-21-13-12-17-7-4-5-9-20(17)23(21)24-15/h2-14H,1H3. The fraction of sp³-hybridized carbons (Fsp3) is 0.0435. The predicted molar refractivity (Wildman–Crippen MR) is 105 cm³/mol. The Bertz CT molecular complexity index is 1260. The second kappa shape index (κ2) is 5.38. The lowest BCUT2D eigenvalue weighted by molar-refractivity contribution is 1.20. The maximum atomic E-state index is 4.94. The largest absolute Gasteiger partial charge is 0.249 e. The first-order valence-electron chi connectivity index (χ1n) is 8.45. The Morgan fingerprint density at radius 3 is 2.24 bits per heavy atom. The van der Waals surface area contributed by atoms with Gasteiger partial charge in [0, 0.05) is 10.9 Å². The minimum Gasteiger partial charge on any atom is -0.249 e. The molecular formula is C23H16N2. The lowest BCUT2D eigenvalue weighted by atomic mass is 10.0. The highest BCUT2D eigenvalue weighted by Gasteiger charge is 2.10. The van der Waals surface area contributed by atoms with Gasteiger partial charge < -0.3 is 0 Å². The van der Waals surface area contributed by atoms with E-state index in [-0.39, 0.29) is 0 Å². The van der Waals surface area contributed by atoms with Crippen molar-refractivity contribution in [2.24, 2.45) is 0 Å². The predicted octanol–water partition coefficient (Wildman–Crippen LogP) is 5.91. The first kappa shape index (κ1) is 14.1. The van der Waals surface area contributed by atoms with Crippen LogP contribution in [0, 0.1) is 6.92 Å². The molecule has 118 valence electrons. The molecule has 2 nitrogen and oxygen atoms in total. The van der Waals surface area contributed by atoms with Gasteiger partial charge in [-0.2, -0.15) is 0 Å². The molecule has 25 heavy (non-hydrogen) atoms. The minimum atomic E-state index is 0.937. The zero-order chi connectivity index (χ0) is 16.8. The lowest BCUT2D eigenvalue weighted by Gasteiger charge is -2.09. The van der Waals surface area contributed by atoms with Crippen molar-refractivity contribution in [3.63, 3.8) is 0 Å². The van der Waals surface area contributed by atoms with E-state index < -0.39 is 0 Å². The van der Waals surface area contributed by atoms with E-state index >= 15 is 0 Å². The molecule has 0 N–H and O–H groups in total. The van der Waals surface area contributed by atoms with Gasteiger partial charge in [0.2, 0.25) is 0 Å². The van der Waals surface area contributed by atoms with Gasteiger partial charge in [0.25, 0.3) is 0 Å². The van der Waals surface area contributed by atoms with Crippen molar-refractivity contribution < 1.29 is 0 Å². The highest BCUT2D eigenvalue weighted by molar-refractivity contribution is 6.04. The number of nitrogens with zero attached hydrogens (tertiary/aromatic N) is 2. The van der Waals surface area contributed by atoms with Gasteiger partial charge in [-0.25, -0.2) is 9.97 Å². The summed E-state index contributed by atoms with van der Waals surface area (Å²) in [5.74, 6) is 0. The van der Waals surface area contributed by atoms with E-state index in [2.05, 4.69) is 78.9 Å². The molecule has 0 fully saturated rings. The number of fused-ring (bicyclic) bond motifs is 4. The first-order chi connectivity index (χ1) is 12.3. The molecule has 5 rings (SSSR count). The Morgan fingerprint density at radius 2 is 1.36 bits per heavy atom. The van der Waals surface area contributed by atoms with Crippen LogP contribution in [0.4, 0.5) is 0 Å². The number of aryl methyl sites for hydroxylation is 1. The molecular weight excluding hydrogens is 304 g/mol. The molecule has 0 aliphatic heterocycles. The number of rotatable bonds is 1. The van der Waals surface area contributed by atoms with Crippen molar-refractivity contribution in [2.45, 2.75) is 6.92 Å². The van der Waals surface area contributed by atoms with Crippen LogP contribution in [0.5, 0.6) is 0 Å². The van der Waals surface area contributed by atoms with E-state index in [4.69, 9.17) is 9.97 Å². The summed E-state index contributed by atoms with van der Waals surface area (Å²) >= 11 is 0. The van der Waals surface area contributed by atoms with Crippen LogP contribution in [0.15, 0.2) is 78.9 Å². The van der Waals surface area contributed by atoms with Crippen molar-refractivity contribution in [2.75, 3.05) is 0 Å². The van der Waals surface area contributed by atoms with Crippen LogP contribution in [-0.2, 0) is 0 Å². The number of hydrogen-bond donors (Lipinski definition) is 0. The topological polar surface area (TPSA) is 25.8 Å². The molecule has 4 aromatic carbocycles. The van der Waals surface area contributed by atoms with E-state index in [1.165, 1.54) is 16.2 Å². The van der Waals surface area contributed by atoms with Gasteiger partial charge in [-0.3, -0.25) is 0 Å². The summed E-state index contributed by atoms with van der Waals surface area (Å²) in [5.41, 5.74) is 4.93. The summed E-state index contributed by atoms with van der Waals surface area (Å²) < 4.78 is 0. The molecule has 2 heteroatoms.